The van der Waals surface area contributed by atoms with Crippen LogP contribution in [0.3, 0.4) is 0 Å². The van der Waals surface area contributed by atoms with E-state index >= 15 is 0 Å². The Hall–Kier alpha value is -2.48. The van der Waals surface area contributed by atoms with E-state index in [1.54, 1.807) is 0 Å². The number of hydrogen-bond donors (Lipinski definition) is 3. The van der Waals surface area contributed by atoms with Crippen molar-refractivity contribution < 1.29 is 14.0 Å². The third-order valence-electron chi connectivity index (χ3n) is 2.29. The molecule has 1 aromatic carbocycles. The van der Waals surface area contributed by atoms with Crippen molar-refractivity contribution >= 4 is 34.1 Å². The van der Waals surface area contributed by atoms with Gasteiger partial charge in [-0.1, -0.05) is 0 Å². The Morgan fingerprint density at radius 3 is 2.55 bits per heavy atom. The van der Waals surface area contributed by atoms with Crippen LogP contribution >= 0.6 is 11.3 Å². The number of nitrogens with one attached hydrogen (secondary N) is 3. The predicted octanol–water partition coefficient (Wildman–Crippen LogP) is 2.29. The first-order chi connectivity index (χ1) is 9.58. The van der Waals surface area contributed by atoms with Gasteiger partial charge in [0.25, 0.3) is 5.91 Å². The zero-order valence-electron chi connectivity index (χ0n) is 10.4. The van der Waals surface area contributed by atoms with Crippen LogP contribution in [-0.4, -0.2) is 24.0 Å². The molecule has 1 aromatic heterocycles. The minimum absolute atomic E-state index is 0.231. The van der Waals surface area contributed by atoms with Crippen LogP contribution in [0.15, 0.2) is 29.6 Å². The highest BCUT2D eigenvalue weighted by Crippen LogP contribution is 2.16. The first kappa shape index (κ1) is 13.9. The highest BCUT2D eigenvalue weighted by molar-refractivity contribution is 7.14. The number of carbonyl (C=O) groups is 2. The molecule has 2 aromatic rings. The number of hydrogen-bond acceptors (Lipinski definition) is 4. The lowest BCUT2D eigenvalue weighted by atomic mass is 10.3. The summed E-state index contributed by atoms with van der Waals surface area (Å²) in [4.78, 5) is 26.9. The average Bonchev–Trinajstić information content (AvgIpc) is 2.89. The second-order valence-electron chi connectivity index (χ2n) is 3.70. The van der Waals surface area contributed by atoms with Gasteiger partial charge in [-0.2, -0.15) is 0 Å². The average molecular weight is 294 g/mol. The van der Waals surface area contributed by atoms with E-state index in [1.165, 1.54) is 36.7 Å². The molecule has 0 aliphatic rings. The Morgan fingerprint density at radius 1 is 1.20 bits per heavy atom. The number of halogens is 1. The topological polar surface area (TPSA) is 83.1 Å². The number of urea groups is 1. The number of thiazole rings is 1. The minimum Gasteiger partial charge on any atom is -0.354 e. The van der Waals surface area contributed by atoms with Crippen LogP contribution in [0.4, 0.5) is 20.0 Å². The van der Waals surface area contributed by atoms with Gasteiger partial charge < -0.3 is 10.6 Å². The van der Waals surface area contributed by atoms with Crippen LogP contribution in [0.5, 0.6) is 0 Å². The van der Waals surface area contributed by atoms with Gasteiger partial charge in [-0.25, -0.2) is 14.2 Å². The van der Waals surface area contributed by atoms with E-state index in [4.69, 9.17) is 0 Å². The maximum atomic E-state index is 12.7. The van der Waals surface area contributed by atoms with Crippen molar-refractivity contribution in [3.63, 3.8) is 0 Å². The summed E-state index contributed by atoms with van der Waals surface area (Å²) in [5, 5.41) is 9.27. The van der Waals surface area contributed by atoms with Crippen LogP contribution < -0.4 is 16.0 Å². The quantitative estimate of drug-likeness (QED) is 0.812. The molecule has 20 heavy (non-hydrogen) atoms. The van der Waals surface area contributed by atoms with Crippen molar-refractivity contribution in [1.82, 2.24) is 10.3 Å². The molecule has 0 spiro atoms. The summed E-state index contributed by atoms with van der Waals surface area (Å²) in [5.74, 6) is -0.709. The summed E-state index contributed by atoms with van der Waals surface area (Å²) in [7, 11) is 1.50. The Balaban J connectivity index is 1.96. The first-order valence-corrected chi connectivity index (χ1v) is 6.47. The molecule has 0 bridgehead atoms. The van der Waals surface area contributed by atoms with Crippen LogP contribution in [0.25, 0.3) is 0 Å². The number of carbonyl (C=O) groups excluding carboxylic acids is 2. The van der Waals surface area contributed by atoms with Gasteiger partial charge in [0.2, 0.25) is 0 Å². The van der Waals surface area contributed by atoms with Crippen molar-refractivity contribution in [2.24, 2.45) is 0 Å². The molecule has 3 amide bonds. The van der Waals surface area contributed by atoms with E-state index < -0.39 is 6.03 Å². The predicted molar refractivity (Wildman–Crippen MR) is 74.5 cm³/mol. The largest absolute Gasteiger partial charge is 0.354 e. The zero-order chi connectivity index (χ0) is 14.5. The molecule has 8 heteroatoms. The molecule has 1 heterocycles. The molecular formula is C12H11FN4O2S. The summed E-state index contributed by atoms with van der Waals surface area (Å²) in [6.07, 6.45) is 0. The number of nitrogens with zero attached hydrogens (tertiary/aromatic N) is 1. The van der Waals surface area contributed by atoms with Gasteiger partial charge in [0, 0.05) is 18.1 Å². The highest BCUT2D eigenvalue weighted by atomic mass is 32.1. The fourth-order valence-corrected chi connectivity index (χ4v) is 2.04. The molecular weight excluding hydrogens is 283 g/mol. The molecule has 0 radical (unpaired) electrons. The van der Waals surface area contributed by atoms with Gasteiger partial charge in [-0.3, -0.25) is 10.1 Å². The maximum absolute atomic E-state index is 12.7. The molecule has 0 aliphatic heterocycles. The van der Waals surface area contributed by atoms with Crippen molar-refractivity contribution in [3.05, 3.63) is 41.2 Å². The van der Waals surface area contributed by atoms with Crippen molar-refractivity contribution in [2.45, 2.75) is 0 Å². The van der Waals surface area contributed by atoms with Crippen molar-refractivity contribution in [1.29, 1.82) is 0 Å². The number of benzene rings is 1. The van der Waals surface area contributed by atoms with E-state index in [0.717, 1.165) is 11.3 Å². The molecule has 2 rings (SSSR count). The van der Waals surface area contributed by atoms with Crippen LogP contribution in [-0.2, 0) is 0 Å². The van der Waals surface area contributed by atoms with E-state index in [1.807, 2.05) is 0 Å². The van der Waals surface area contributed by atoms with E-state index in [-0.39, 0.29) is 17.4 Å². The smallest absolute Gasteiger partial charge is 0.325 e. The van der Waals surface area contributed by atoms with Gasteiger partial charge in [-0.15, -0.1) is 11.3 Å². The molecule has 0 saturated carbocycles. The molecule has 104 valence electrons. The first-order valence-electron chi connectivity index (χ1n) is 5.59. The third-order valence-corrected chi connectivity index (χ3v) is 3.04. The van der Waals surface area contributed by atoms with E-state index in [9.17, 15) is 14.0 Å². The monoisotopic (exact) mass is 294 g/mol. The Labute approximate surface area is 118 Å². The molecule has 6 nitrogen and oxygen atoms in total. The standard InChI is InChI=1S/C12H11FN4O2S/c1-14-10(18)9-6-20-12(16-9)17-11(19)15-8-4-2-7(13)3-5-8/h2-6H,1H3,(H,14,18)(H2,15,16,17,19). The zero-order valence-corrected chi connectivity index (χ0v) is 11.3. The second kappa shape index (κ2) is 6.11. The molecule has 3 N–H and O–H groups in total. The summed E-state index contributed by atoms with van der Waals surface area (Å²) in [5.41, 5.74) is 0.682. The lowest BCUT2D eigenvalue weighted by Crippen LogP contribution is -2.20. The van der Waals surface area contributed by atoms with E-state index in [2.05, 4.69) is 20.9 Å². The molecule has 0 atom stereocenters. The van der Waals surface area contributed by atoms with Gasteiger partial charge >= 0.3 is 6.03 Å². The van der Waals surface area contributed by atoms with Crippen molar-refractivity contribution in [2.75, 3.05) is 17.7 Å². The highest BCUT2D eigenvalue weighted by Gasteiger charge is 2.10. The van der Waals surface area contributed by atoms with Gasteiger partial charge in [0.1, 0.15) is 11.5 Å². The van der Waals surface area contributed by atoms with Crippen LogP contribution in [0, 0.1) is 5.82 Å². The van der Waals surface area contributed by atoms with Gasteiger partial charge in [0.15, 0.2) is 5.13 Å². The number of amides is 3. The maximum Gasteiger partial charge on any atom is 0.325 e. The lowest BCUT2D eigenvalue weighted by Gasteiger charge is -2.04. The Kier molecular flexibility index (Phi) is 4.26. The fraction of sp³-hybridized carbons (Fsp3) is 0.0833. The van der Waals surface area contributed by atoms with Crippen LogP contribution in [0.1, 0.15) is 10.5 Å². The second-order valence-corrected chi connectivity index (χ2v) is 4.56. The normalized spacial score (nSPS) is 9.90. The SMILES string of the molecule is CNC(=O)c1csc(NC(=O)Nc2ccc(F)cc2)n1. The molecule has 0 unspecified atom stereocenters. The minimum atomic E-state index is -0.519. The number of aromatic nitrogens is 1. The number of rotatable bonds is 3. The lowest BCUT2D eigenvalue weighted by molar-refractivity contribution is 0.0959. The van der Waals surface area contributed by atoms with Crippen LogP contribution in [0.2, 0.25) is 0 Å². The number of anilines is 2. The molecule has 0 aliphatic carbocycles. The summed E-state index contributed by atoms with van der Waals surface area (Å²) in [6.45, 7) is 0. The Morgan fingerprint density at radius 2 is 1.90 bits per heavy atom. The molecule has 0 fully saturated rings. The fourth-order valence-electron chi connectivity index (χ4n) is 1.36. The summed E-state index contributed by atoms with van der Waals surface area (Å²) < 4.78 is 12.7. The summed E-state index contributed by atoms with van der Waals surface area (Å²) in [6, 6.07) is 4.83. The van der Waals surface area contributed by atoms with E-state index in [0.29, 0.717) is 10.8 Å². The summed E-state index contributed by atoms with van der Waals surface area (Å²) >= 11 is 1.13. The third kappa shape index (κ3) is 3.51. The van der Waals surface area contributed by atoms with Crippen molar-refractivity contribution in [3.8, 4) is 0 Å². The Bertz CT molecular complexity index is 627. The molecule has 0 saturated heterocycles. The van der Waals surface area contributed by atoms with Gasteiger partial charge in [0.05, 0.1) is 0 Å². The van der Waals surface area contributed by atoms with Gasteiger partial charge in [-0.05, 0) is 24.3 Å².